The lowest BCUT2D eigenvalue weighted by Gasteiger charge is -2.23. The zero-order chi connectivity index (χ0) is 16.8. The molecular weight excluding hydrogens is 324 g/mol. The normalized spacial score (nSPS) is 11.5. The van der Waals surface area contributed by atoms with Crippen LogP contribution in [0.15, 0.2) is 54.6 Å². The van der Waals surface area contributed by atoms with E-state index in [4.69, 9.17) is 11.1 Å². The topological polar surface area (TPSA) is 82.2 Å². The van der Waals surface area contributed by atoms with E-state index in [0.29, 0.717) is 12.1 Å². The fourth-order valence-electron chi connectivity index (χ4n) is 2.41. The molecule has 1 amide bonds. The molecule has 0 aliphatic carbocycles. The van der Waals surface area contributed by atoms with Crippen LogP contribution < -0.4 is 11.1 Å². The Labute approximate surface area is 148 Å². The molecule has 0 aromatic heterocycles. The second-order valence-corrected chi connectivity index (χ2v) is 5.61. The van der Waals surface area contributed by atoms with E-state index >= 15 is 0 Å². The Morgan fingerprint density at radius 2 is 1.71 bits per heavy atom. The summed E-state index contributed by atoms with van der Waals surface area (Å²) in [4.78, 5) is 14.4. The standard InChI is InChI=1S/C18H22N4O.ClH/c1-22(2)16(14-6-4-3-5-7-14)18(23)21-12-13-8-10-15(11-9-13)17(19)20;/h3-11,16H,12H2,1-2H3,(H3,19,20)(H,21,23);1H/t16-;/m0./s1. The van der Waals surface area contributed by atoms with Crippen LogP contribution in [-0.4, -0.2) is 30.7 Å². The largest absolute Gasteiger partial charge is 0.384 e. The minimum Gasteiger partial charge on any atom is -0.384 e. The van der Waals surface area contributed by atoms with Crippen molar-refractivity contribution >= 4 is 24.1 Å². The van der Waals surface area contributed by atoms with Crippen molar-refractivity contribution in [2.24, 2.45) is 5.73 Å². The van der Waals surface area contributed by atoms with Crippen molar-refractivity contribution in [2.75, 3.05) is 14.1 Å². The second kappa shape index (κ2) is 9.05. The quantitative estimate of drug-likeness (QED) is 0.554. The van der Waals surface area contributed by atoms with Crippen LogP contribution >= 0.6 is 12.4 Å². The van der Waals surface area contributed by atoms with Gasteiger partial charge in [-0.1, -0.05) is 54.6 Å². The van der Waals surface area contributed by atoms with E-state index in [0.717, 1.165) is 11.1 Å². The van der Waals surface area contributed by atoms with Gasteiger partial charge in [-0.15, -0.1) is 12.4 Å². The highest BCUT2D eigenvalue weighted by molar-refractivity contribution is 5.94. The lowest BCUT2D eigenvalue weighted by atomic mass is 10.1. The molecule has 0 radical (unpaired) electrons. The lowest BCUT2D eigenvalue weighted by Crippen LogP contribution is -2.36. The zero-order valence-electron chi connectivity index (χ0n) is 13.8. The van der Waals surface area contributed by atoms with Gasteiger partial charge in [0.15, 0.2) is 0 Å². The molecule has 0 bridgehead atoms. The van der Waals surface area contributed by atoms with Crippen LogP contribution in [0.2, 0.25) is 0 Å². The van der Waals surface area contributed by atoms with Gasteiger partial charge in [-0.2, -0.15) is 0 Å². The molecule has 0 saturated heterocycles. The third-order valence-corrected chi connectivity index (χ3v) is 3.61. The summed E-state index contributed by atoms with van der Waals surface area (Å²) in [6.45, 7) is 0.439. The second-order valence-electron chi connectivity index (χ2n) is 5.61. The summed E-state index contributed by atoms with van der Waals surface area (Å²) in [5.74, 6) is -0.00539. The number of amides is 1. The molecule has 2 rings (SSSR count). The van der Waals surface area contributed by atoms with Crippen molar-refractivity contribution in [3.05, 3.63) is 71.3 Å². The van der Waals surface area contributed by atoms with Gasteiger partial charge in [-0.3, -0.25) is 15.1 Å². The molecule has 0 aliphatic rings. The van der Waals surface area contributed by atoms with Crippen LogP contribution in [0.4, 0.5) is 0 Å². The molecule has 5 nitrogen and oxygen atoms in total. The van der Waals surface area contributed by atoms with E-state index in [1.165, 1.54) is 0 Å². The molecule has 0 saturated carbocycles. The number of rotatable bonds is 6. The molecule has 24 heavy (non-hydrogen) atoms. The van der Waals surface area contributed by atoms with Crippen molar-refractivity contribution in [1.29, 1.82) is 5.41 Å². The molecule has 0 aliphatic heterocycles. The first-order chi connectivity index (χ1) is 11.0. The molecule has 0 fully saturated rings. The summed E-state index contributed by atoms with van der Waals surface area (Å²) in [6.07, 6.45) is 0. The van der Waals surface area contributed by atoms with E-state index in [1.54, 1.807) is 12.1 Å². The van der Waals surface area contributed by atoms with Crippen LogP contribution in [0.1, 0.15) is 22.7 Å². The van der Waals surface area contributed by atoms with Gasteiger partial charge in [0, 0.05) is 12.1 Å². The maximum Gasteiger partial charge on any atom is 0.242 e. The lowest BCUT2D eigenvalue weighted by molar-refractivity contribution is -0.125. The summed E-state index contributed by atoms with van der Waals surface area (Å²) in [5.41, 5.74) is 8.03. The van der Waals surface area contributed by atoms with Crippen LogP contribution in [0, 0.1) is 5.41 Å². The van der Waals surface area contributed by atoms with Gasteiger partial charge in [0.05, 0.1) is 0 Å². The third-order valence-electron chi connectivity index (χ3n) is 3.61. The number of carbonyl (C=O) groups excluding carboxylic acids is 1. The molecular formula is C18H23ClN4O. The maximum atomic E-state index is 12.5. The van der Waals surface area contributed by atoms with Crippen LogP contribution in [-0.2, 0) is 11.3 Å². The highest BCUT2D eigenvalue weighted by Gasteiger charge is 2.22. The van der Waals surface area contributed by atoms with Crippen LogP contribution in [0.25, 0.3) is 0 Å². The van der Waals surface area contributed by atoms with Gasteiger partial charge < -0.3 is 11.1 Å². The molecule has 6 heteroatoms. The number of nitrogens with one attached hydrogen (secondary N) is 2. The molecule has 2 aromatic carbocycles. The minimum atomic E-state index is -0.326. The monoisotopic (exact) mass is 346 g/mol. The highest BCUT2D eigenvalue weighted by atomic mass is 35.5. The number of benzene rings is 2. The Morgan fingerprint density at radius 3 is 2.21 bits per heavy atom. The van der Waals surface area contributed by atoms with Crippen molar-refractivity contribution in [1.82, 2.24) is 10.2 Å². The van der Waals surface area contributed by atoms with Gasteiger partial charge in [0.25, 0.3) is 0 Å². The fourth-order valence-corrected chi connectivity index (χ4v) is 2.41. The number of nitrogens with zero attached hydrogens (tertiary/aromatic N) is 1. The van der Waals surface area contributed by atoms with E-state index in [-0.39, 0.29) is 30.2 Å². The average Bonchev–Trinajstić information content (AvgIpc) is 2.54. The van der Waals surface area contributed by atoms with Crippen molar-refractivity contribution < 1.29 is 4.79 Å². The predicted octanol–water partition coefficient (Wildman–Crippen LogP) is 2.31. The van der Waals surface area contributed by atoms with E-state index in [9.17, 15) is 4.79 Å². The minimum absolute atomic E-state index is 0. The SMILES string of the molecule is CN(C)[C@H](C(=O)NCc1ccc(C(=N)N)cc1)c1ccccc1.Cl. The van der Waals surface area contributed by atoms with Gasteiger partial charge in [0.2, 0.25) is 5.91 Å². The Kier molecular flexibility index (Phi) is 7.42. The predicted molar refractivity (Wildman–Crippen MR) is 99.4 cm³/mol. The summed E-state index contributed by atoms with van der Waals surface area (Å²) in [5, 5.41) is 10.3. The molecule has 2 aromatic rings. The molecule has 0 unspecified atom stereocenters. The average molecular weight is 347 g/mol. The Morgan fingerprint density at radius 1 is 1.12 bits per heavy atom. The number of hydrogen-bond donors (Lipinski definition) is 3. The van der Waals surface area contributed by atoms with Crippen LogP contribution in [0.3, 0.4) is 0 Å². The number of hydrogen-bond acceptors (Lipinski definition) is 3. The van der Waals surface area contributed by atoms with Gasteiger partial charge in [-0.05, 0) is 25.2 Å². The Balaban J connectivity index is 0.00000288. The van der Waals surface area contributed by atoms with Gasteiger partial charge >= 0.3 is 0 Å². The number of amidine groups is 1. The van der Waals surface area contributed by atoms with Gasteiger partial charge in [-0.25, -0.2) is 0 Å². The van der Waals surface area contributed by atoms with E-state index in [2.05, 4.69) is 5.32 Å². The third kappa shape index (κ3) is 5.08. The summed E-state index contributed by atoms with van der Waals surface area (Å²) in [6, 6.07) is 16.7. The smallest absolute Gasteiger partial charge is 0.242 e. The first-order valence-electron chi connectivity index (χ1n) is 7.41. The number of halogens is 1. The summed E-state index contributed by atoms with van der Waals surface area (Å²) in [7, 11) is 3.78. The van der Waals surface area contributed by atoms with Crippen molar-refractivity contribution in [2.45, 2.75) is 12.6 Å². The fraction of sp³-hybridized carbons (Fsp3) is 0.222. The molecule has 0 spiro atoms. The summed E-state index contributed by atoms with van der Waals surface area (Å²) >= 11 is 0. The number of likely N-dealkylation sites (N-methyl/N-ethyl adjacent to an activating group) is 1. The summed E-state index contributed by atoms with van der Waals surface area (Å²) < 4.78 is 0. The molecule has 0 heterocycles. The van der Waals surface area contributed by atoms with Crippen molar-refractivity contribution in [3.63, 3.8) is 0 Å². The first-order valence-corrected chi connectivity index (χ1v) is 7.41. The Bertz CT molecular complexity index is 671. The number of nitrogen functional groups attached to an aromatic ring is 1. The molecule has 128 valence electrons. The zero-order valence-corrected chi connectivity index (χ0v) is 14.6. The van der Waals surface area contributed by atoms with Crippen LogP contribution in [0.5, 0.6) is 0 Å². The number of carbonyl (C=O) groups is 1. The van der Waals surface area contributed by atoms with E-state index in [1.807, 2.05) is 61.5 Å². The van der Waals surface area contributed by atoms with Gasteiger partial charge in [0.1, 0.15) is 11.9 Å². The maximum absolute atomic E-state index is 12.5. The highest BCUT2D eigenvalue weighted by Crippen LogP contribution is 2.18. The van der Waals surface area contributed by atoms with Crippen molar-refractivity contribution in [3.8, 4) is 0 Å². The first kappa shape index (κ1) is 19.7. The van der Waals surface area contributed by atoms with E-state index < -0.39 is 0 Å². The number of nitrogens with two attached hydrogens (primary N) is 1. The molecule has 4 N–H and O–H groups in total. The Hall–Kier alpha value is -2.37. The molecule has 1 atom stereocenters.